The smallest absolute Gasteiger partial charge is 0.245 e. The number of nitrogens with zero attached hydrogens (tertiary/aromatic N) is 3. The zero-order valence-electron chi connectivity index (χ0n) is 9.82. The Morgan fingerprint density at radius 1 is 1.50 bits per heavy atom. The standard InChI is InChI=1S/C12H14N4OS/c13-11(9-2-1-7-18-9)12(17)16-6-5-15-4-3-14-10(15)8-16/h1-4,7,11H,5-6,8,13H2. The SMILES string of the molecule is NC(C(=O)N1CCn2ccnc2C1)c1cccs1. The lowest BCUT2D eigenvalue weighted by molar-refractivity contribution is -0.134. The lowest BCUT2D eigenvalue weighted by Gasteiger charge is -2.29. The van der Waals surface area contributed by atoms with Gasteiger partial charge in [0.1, 0.15) is 11.9 Å². The normalized spacial score (nSPS) is 16.4. The van der Waals surface area contributed by atoms with E-state index in [1.807, 2.05) is 23.7 Å². The third-order valence-electron chi connectivity index (χ3n) is 3.17. The second kappa shape index (κ2) is 4.55. The van der Waals surface area contributed by atoms with E-state index in [0.29, 0.717) is 13.1 Å². The number of nitrogens with two attached hydrogens (primary N) is 1. The van der Waals surface area contributed by atoms with Crippen molar-refractivity contribution in [2.45, 2.75) is 19.1 Å². The molecule has 18 heavy (non-hydrogen) atoms. The quantitative estimate of drug-likeness (QED) is 0.877. The maximum absolute atomic E-state index is 12.3. The van der Waals surface area contributed by atoms with Gasteiger partial charge >= 0.3 is 0 Å². The highest BCUT2D eigenvalue weighted by molar-refractivity contribution is 7.10. The van der Waals surface area contributed by atoms with E-state index >= 15 is 0 Å². The van der Waals surface area contributed by atoms with Crippen molar-refractivity contribution in [2.75, 3.05) is 6.54 Å². The summed E-state index contributed by atoms with van der Waals surface area (Å²) >= 11 is 1.52. The Hall–Kier alpha value is -1.66. The van der Waals surface area contributed by atoms with E-state index in [4.69, 9.17) is 5.73 Å². The third kappa shape index (κ3) is 1.93. The van der Waals surface area contributed by atoms with Crippen LogP contribution in [0.1, 0.15) is 16.7 Å². The van der Waals surface area contributed by atoms with Crippen LogP contribution in [0.3, 0.4) is 0 Å². The van der Waals surface area contributed by atoms with Gasteiger partial charge in [0, 0.05) is 30.4 Å². The fraction of sp³-hybridized carbons (Fsp3) is 0.333. The summed E-state index contributed by atoms with van der Waals surface area (Å²) in [7, 11) is 0. The summed E-state index contributed by atoms with van der Waals surface area (Å²) in [6.45, 7) is 2.03. The number of hydrogen-bond acceptors (Lipinski definition) is 4. The van der Waals surface area contributed by atoms with Crippen LogP contribution in [0.25, 0.3) is 0 Å². The fourth-order valence-corrected chi connectivity index (χ4v) is 2.87. The van der Waals surface area contributed by atoms with Crippen molar-refractivity contribution in [3.63, 3.8) is 0 Å². The molecule has 0 aliphatic carbocycles. The molecule has 0 saturated heterocycles. The van der Waals surface area contributed by atoms with Gasteiger partial charge < -0.3 is 15.2 Å². The maximum Gasteiger partial charge on any atom is 0.245 e. The number of thiophene rings is 1. The average molecular weight is 262 g/mol. The second-order valence-electron chi connectivity index (χ2n) is 4.29. The Kier molecular flexibility index (Phi) is 2.89. The average Bonchev–Trinajstić information content (AvgIpc) is 3.06. The van der Waals surface area contributed by atoms with Crippen LogP contribution in [0.5, 0.6) is 0 Å². The van der Waals surface area contributed by atoms with E-state index in [1.165, 1.54) is 11.3 Å². The predicted molar refractivity (Wildman–Crippen MR) is 68.9 cm³/mol. The topological polar surface area (TPSA) is 64.2 Å². The Bertz CT molecular complexity index is 548. The molecule has 94 valence electrons. The first-order valence-corrected chi connectivity index (χ1v) is 6.71. The molecule has 1 atom stereocenters. The van der Waals surface area contributed by atoms with Gasteiger partial charge in [-0.2, -0.15) is 0 Å². The Labute approximate surface area is 109 Å². The second-order valence-corrected chi connectivity index (χ2v) is 5.27. The van der Waals surface area contributed by atoms with Crippen LogP contribution in [-0.2, 0) is 17.9 Å². The molecule has 1 amide bonds. The van der Waals surface area contributed by atoms with Gasteiger partial charge in [-0.25, -0.2) is 4.98 Å². The minimum Gasteiger partial charge on any atom is -0.332 e. The number of imidazole rings is 1. The first-order chi connectivity index (χ1) is 8.75. The van der Waals surface area contributed by atoms with Crippen molar-refractivity contribution in [1.82, 2.24) is 14.5 Å². The van der Waals surface area contributed by atoms with Gasteiger partial charge in [0.2, 0.25) is 5.91 Å². The van der Waals surface area contributed by atoms with Gasteiger partial charge in [-0.1, -0.05) is 6.07 Å². The largest absolute Gasteiger partial charge is 0.332 e. The van der Waals surface area contributed by atoms with Crippen LogP contribution in [0.2, 0.25) is 0 Å². The molecule has 1 aliphatic rings. The molecule has 2 aromatic heterocycles. The summed E-state index contributed by atoms with van der Waals surface area (Å²) in [5.41, 5.74) is 6.00. The zero-order valence-corrected chi connectivity index (χ0v) is 10.6. The Morgan fingerprint density at radius 2 is 2.39 bits per heavy atom. The minimum atomic E-state index is -0.550. The molecule has 5 nitrogen and oxygen atoms in total. The van der Waals surface area contributed by atoms with Crippen LogP contribution in [-0.4, -0.2) is 26.9 Å². The molecule has 0 saturated carbocycles. The number of hydrogen-bond donors (Lipinski definition) is 1. The van der Waals surface area contributed by atoms with E-state index in [2.05, 4.69) is 9.55 Å². The van der Waals surface area contributed by atoms with E-state index < -0.39 is 6.04 Å². The molecule has 6 heteroatoms. The van der Waals surface area contributed by atoms with Crippen molar-refractivity contribution in [3.05, 3.63) is 40.6 Å². The molecule has 3 rings (SSSR count). The number of aromatic nitrogens is 2. The summed E-state index contributed by atoms with van der Waals surface area (Å²) in [6.07, 6.45) is 3.71. The monoisotopic (exact) mass is 262 g/mol. The summed E-state index contributed by atoms with van der Waals surface area (Å²) in [5, 5.41) is 1.94. The van der Waals surface area contributed by atoms with Crippen molar-refractivity contribution in [3.8, 4) is 0 Å². The fourth-order valence-electron chi connectivity index (χ4n) is 2.15. The number of carbonyl (C=O) groups is 1. The van der Waals surface area contributed by atoms with E-state index in [-0.39, 0.29) is 5.91 Å². The van der Waals surface area contributed by atoms with Crippen LogP contribution in [0, 0.1) is 0 Å². The minimum absolute atomic E-state index is 0.0216. The molecule has 1 aliphatic heterocycles. The summed E-state index contributed by atoms with van der Waals surface area (Å²) in [6, 6.07) is 3.26. The number of amides is 1. The highest BCUT2D eigenvalue weighted by Gasteiger charge is 2.26. The van der Waals surface area contributed by atoms with E-state index in [0.717, 1.165) is 17.2 Å². The molecule has 2 N–H and O–H groups in total. The first kappa shape index (κ1) is 11.4. The van der Waals surface area contributed by atoms with Crippen molar-refractivity contribution < 1.29 is 4.79 Å². The first-order valence-electron chi connectivity index (χ1n) is 5.83. The summed E-state index contributed by atoms with van der Waals surface area (Å²) in [5.74, 6) is 0.902. The predicted octanol–water partition coefficient (Wildman–Crippen LogP) is 0.987. The van der Waals surface area contributed by atoms with Crippen molar-refractivity contribution >= 4 is 17.2 Å². The molecule has 0 fully saturated rings. The number of carbonyl (C=O) groups excluding carboxylic acids is 1. The molecule has 1 unspecified atom stereocenters. The summed E-state index contributed by atoms with van der Waals surface area (Å²) < 4.78 is 2.07. The van der Waals surface area contributed by atoms with Gasteiger partial charge in [0.05, 0.1) is 6.54 Å². The van der Waals surface area contributed by atoms with Crippen LogP contribution in [0.4, 0.5) is 0 Å². The number of fused-ring (bicyclic) bond motifs is 1. The van der Waals surface area contributed by atoms with Gasteiger partial charge in [-0.05, 0) is 11.4 Å². The lowest BCUT2D eigenvalue weighted by Crippen LogP contribution is -2.42. The molecule has 0 radical (unpaired) electrons. The molecule has 3 heterocycles. The zero-order chi connectivity index (χ0) is 12.5. The Morgan fingerprint density at radius 3 is 3.17 bits per heavy atom. The van der Waals surface area contributed by atoms with Crippen LogP contribution >= 0.6 is 11.3 Å². The van der Waals surface area contributed by atoms with Crippen LogP contribution < -0.4 is 5.73 Å². The van der Waals surface area contributed by atoms with Gasteiger partial charge in [0.15, 0.2) is 0 Å². The lowest BCUT2D eigenvalue weighted by atomic mass is 10.2. The molecule has 0 spiro atoms. The van der Waals surface area contributed by atoms with Crippen LogP contribution in [0.15, 0.2) is 29.9 Å². The number of rotatable bonds is 2. The van der Waals surface area contributed by atoms with Gasteiger partial charge in [0.25, 0.3) is 0 Å². The summed E-state index contributed by atoms with van der Waals surface area (Å²) in [4.78, 5) is 19.2. The van der Waals surface area contributed by atoms with Gasteiger partial charge in [-0.15, -0.1) is 11.3 Å². The highest BCUT2D eigenvalue weighted by atomic mass is 32.1. The van der Waals surface area contributed by atoms with E-state index in [9.17, 15) is 4.79 Å². The molecule has 2 aromatic rings. The molecule has 0 aromatic carbocycles. The van der Waals surface area contributed by atoms with Gasteiger partial charge in [-0.3, -0.25) is 4.79 Å². The highest BCUT2D eigenvalue weighted by Crippen LogP contribution is 2.21. The van der Waals surface area contributed by atoms with Crippen molar-refractivity contribution in [1.29, 1.82) is 0 Å². The van der Waals surface area contributed by atoms with Crippen molar-refractivity contribution in [2.24, 2.45) is 5.73 Å². The van der Waals surface area contributed by atoms with E-state index in [1.54, 1.807) is 11.1 Å². The Balaban J connectivity index is 1.75. The maximum atomic E-state index is 12.3. The third-order valence-corrected chi connectivity index (χ3v) is 4.13. The molecular formula is C12H14N4OS. The molecule has 0 bridgehead atoms. The molecular weight excluding hydrogens is 248 g/mol.